The van der Waals surface area contributed by atoms with E-state index in [0.717, 1.165) is 54.1 Å². The summed E-state index contributed by atoms with van der Waals surface area (Å²) in [7, 11) is 0. The van der Waals surface area contributed by atoms with Crippen LogP contribution in [-0.4, -0.2) is 57.2 Å². The van der Waals surface area contributed by atoms with Crippen LogP contribution in [0.25, 0.3) is 10.9 Å². The largest absolute Gasteiger partial charge is 0.368 e. The first-order valence-electron chi connectivity index (χ1n) is 11.1. The zero-order chi connectivity index (χ0) is 24.4. The molecule has 1 aliphatic rings. The van der Waals surface area contributed by atoms with Gasteiger partial charge in [-0.15, -0.1) is 0 Å². The Morgan fingerprint density at radius 2 is 1.80 bits per heavy atom. The molecule has 0 atom stereocenters. The topological polar surface area (TPSA) is 129 Å². The van der Waals surface area contributed by atoms with E-state index < -0.39 is 5.91 Å². The van der Waals surface area contributed by atoms with Gasteiger partial charge < -0.3 is 26.2 Å². The molecule has 0 aliphatic carbocycles. The van der Waals surface area contributed by atoms with Crippen molar-refractivity contribution in [3.8, 4) is 0 Å². The van der Waals surface area contributed by atoms with E-state index in [2.05, 4.69) is 29.9 Å². The molecule has 10 nitrogen and oxygen atoms in total. The second-order valence-electron chi connectivity index (χ2n) is 8.16. The van der Waals surface area contributed by atoms with Crippen molar-refractivity contribution in [2.45, 2.75) is 6.92 Å². The minimum Gasteiger partial charge on any atom is -0.368 e. The second kappa shape index (κ2) is 9.55. The highest BCUT2D eigenvalue weighted by Gasteiger charge is 2.19. The molecular formula is C24H24N8O2S. The lowest BCUT2D eigenvalue weighted by molar-refractivity contribution is -0.129. The first kappa shape index (κ1) is 22.5. The number of hydrogen-bond acceptors (Lipinski definition) is 9. The summed E-state index contributed by atoms with van der Waals surface area (Å²) in [5.74, 6) is 0.137. The highest BCUT2D eigenvalue weighted by molar-refractivity contribution is 7.04. The fourth-order valence-corrected chi connectivity index (χ4v) is 4.69. The molecular weight excluding hydrogens is 464 g/mol. The van der Waals surface area contributed by atoms with Gasteiger partial charge in [0.1, 0.15) is 11.4 Å². The van der Waals surface area contributed by atoms with E-state index in [4.69, 9.17) is 5.73 Å². The molecule has 1 aliphatic heterocycles. The summed E-state index contributed by atoms with van der Waals surface area (Å²) < 4.78 is 4.35. The molecule has 0 radical (unpaired) electrons. The first-order valence-corrected chi connectivity index (χ1v) is 12.0. The molecule has 11 heteroatoms. The van der Waals surface area contributed by atoms with Crippen molar-refractivity contribution in [2.75, 3.05) is 41.7 Å². The second-order valence-corrected chi connectivity index (χ2v) is 8.79. The summed E-state index contributed by atoms with van der Waals surface area (Å²) in [6, 6.07) is 13.6. The van der Waals surface area contributed by atoms with Crippen molar-refractivity contribution in [3.05, 3.63) is 59.6 Å². The van der Waals surface area contributed by atoms with E-state index in [1.165, 1.54) is 17.7 Å². The maximum atomic E-state index is 12.0. The monoisotopic (exact) mass is 488 g/mol. The Morgan fingerprint density at radius 3 is 2.51 bits per heavy atom. The number of amides is 2. The molecule has 1 saturated heterocycles. The molecule has 2 aromatic carbocycles. The van der Waals surface area contributed by atoms with Gasteiger partial charge in [0.05, 0.1) is 11.2 Å². The third-order valence-corrected chi connectivity index (χ3v) is 6.57. The summed E-state index contributed by atoms with van der Waals surface area (Å²) in [5, 5.41) is 9.26. The number of aromatic nitrogens is 3. The standard InChI is InChI=1S/C24H24N8O2S/c1-15(33)31-9-11-32(12-10-31)17-7-5-16(6-8-17)27-24-26-13-18(22(25)34)23(29-24)28-20-3-2-4-21-19(20)14-35-30-21/h2-8,13-14H,9-12H2,1H3,(H2,25,34)(H2,26,27,28,29). The fraction of sp³-hybridized carbons (Fsp3) is 0.208. The van der Waals surface area contributed by atoms with Gasteiger partial charge in [0.25, 0.3) is 5.91 Å². The van der Waals surface area contributed by atoms with Crippen LogP contribution in [-0.2, 0) is 4.79 Å². The smallest absolute Gasteiger partial charge is 0.254 e. The maximum absolute atomic E-state index is 12.0. The van der Waals surface area contributed by atoms with Crippen molar-refractivity contribution in [1.29, 1.82) is 0 Å². The molecule has 0 spiro atoms. The van der Waals surface area contributed by atoms with Crippen LogP contribution < -0.4 is 21.3 Å². The summed E-state index contributed by atoms with van der Waals surface area (Å²) in [6.07, 6.45) is 1.41. The number of nitrogens with two attached hydrogens (primary N) is 1. The minimum absolute atomic E-state index is 0.115. The fourth-order valence-electron chi connectivity index (χ4n) is 4.01. The van der Waals surface area contributed by atoms with Crippen molar-refractivity contribution >= 4 is 63.1 Å². The van der Waals surface area contributed by atoms with Gasteiger partial charge in [-0.3, -0.25) is 9.59 Å². The molecule has 35 heavy (non-hydrogen) atoms. The summed E-state index contributed by atoms with van der Waals surface area (Å²) in [5.41, 5.74) is 9.27. The van der Waals surface area contributed by atoms with Gasteiger partial charge in [0.15, 0.2) is 0 Å². The van der Waals surface area contributed by atoms with Crippen LogP contribution in [0.1, 0.15) is 17.3 Å². The van der Waals surface area contributed by atoms with E-state index >= 15 is 0 Å². The van der Waals surface area contributed by atoms with Gasteiger partial charge in [-0.25, -0.2) is 4.98 Å². The number of nitrogens with one attached hydrogen (secondary N) is 2. The number of nitrogens with zero attached hydrogens (tertiary/aromatic N) is 5. The van der Waals surface area contributed by atoms with Crippen molar-refractivity contribution < 1.29 is 9.59 Å². The molecule has 0 saturated carbocycles. The van der Waals surface area contributed by atoms with Gasteiger partial charge in [-0.05, 0) is 47.9 Å². The molecule has 0 bridgehead atoms. The molecule has 5 rings (SSSR count). The molecule has 2 aromatic heterocycles. The van der Waals surface area contributed by atoms with Gasteiger partial charge >= 0.3 is 0 Å². The number of anilines is 5. The SMILES string of the molecule is CC(=O)N1CCN(c2ccc(Nc3ncc(C(N)=O)c(Nc4cccc5nscc45)n3)cc2)CC1. The maximum Gasteiger partial charge on any atom is 0.254 e. The summed E-state index contributed by atoms with van der Waals surface area (Å²) in [4.78, 5) is 36.4. The Kier molecular flexibility index (Phi) is 6.15. The van der Waals surface area contributed by atoms with Crippen molar-refractivity contribution in [1.82, 2.24) is 19.2 Å². The number of piperazine rings is 1. The predicted octanol–water partition coefficient (Wildman–Crippen LogP) is 3.34. The molecule has 1 fully saturated rings. The van der Waals surface area contributed by atoms with E-state index in [1.807, 2.05) is 52.7 Å². The van der Waals surface area contributed by atoms with E-state index in [9.17, 15) is 9.59 Å². The summed E-state index contributed by atoms with van der Waals surface area (Å²) in [6.45, 7) is 4.65. The van der Waals surface area contributed by atoms with Crippen LogP contribution in [0.3, 0.4) is 0 Å². The Hall–Kier alpha value is -4.25. The molecule has 3 heterocycles. The van der Waals surface area contributed by atoms with Gasteiger partial charge in [-0.2, -0.15) is 9.36 Å². The third-order valence-electron chi connectivity index (χ3n) is 5.93. The number of primary amides is 1. The van der Waals surface area contributed by atoms with Crippen LogP contribution in [0.15, 0.2) is 54.0 Å². The number of hydrogen-bond donors (Lipinski definition) is 3. The molecule has 2 amide bonds. The van der Waals surface area contributed by atoms with Gasteiger partial charge in [0.2, 0.25) is 11.9 Å². The van der Waals surface area contributed by atoms with E-state index in [0.29, 0.717) is 11.8 Å². The quantitative estimate of drug-likeness (QED) is 0.377. The Labute approximate surface area is 205 Å². The van der Waals surface area contributed by atoms with Crippen molar-refractivity contribution in [2.24, 2.45) is 5.73 Å². The highest BCUT2D eigenvalue weighted by atomic mass is 32.1. The lowest BCUT2D eigenvalue weighted by atomic mass is 10.2. The predicted molar refractivity (Wildman–Crippen MR) is 138 cm³/mol. The zero-order valence-corrected chi connectivity index (χ0v) is 19.9. The number of rotatable bonds is 6. The van der Waals surface area contributed by atoms with Crippen LogP contribution in [0.5, 0.6) is 0 Å². The average molecular weight is 489 g/mol. The van der Waals surface area contributed by atoms with Gasteiger partial charge in [-0.1, -0.05) is 6.07 Å². The Balaban J connectivity index is 1.33. The first-order chi connectivity index (χ1) is 17.0. The normalized spacial score (nSPS) is 13.6. The Morgan fingerprint density at radius 1 is 1.03 bits per heavy atom. The third kappa shape index (κ3) is 4.85. The lowest BCUT2D eigenvalue weighted by Gasteiger charge is -2.35. The average Bonchev–Trinajstić information content (AvgIpc) is 3.35. The van der Waals surface area contributed by atoms with Crippen LogP contribution in [0.2, 0.25) is 0 Å². The highest BCUT2D eigenvalue weighted by Crippen LogP contribution is 2.29. The molecule has 178 valence electrons. The number of carbonyl (C=O) groups excluding carboxylic acids is 2. The minimum atomic E-state index is -0.621. The number of carbonyl (C=O) groups is 2. The molecule has 4 N–H and O–H groups in total. The van der Waals surface area contributed by atoms with E-state index in [-0.39, 0.29) is 11.5 Å². The molecule has 0 unspecified atom stereocenters. The van der Waals surface area contributed by atoms with Crippen LogP contribution in [0.4, 0.5) is 28.8 Å². The Bertz CT molecular complexity index is 1380. The summed E-state index contributed by atoms with van der Waals surface area (Å²) >= 11 is 1.36. The zero-order valence-electron chi connectivity index (χ0n) is 19.1. The van der Waals surface area contributed by atoms with Gasteiger partial charge in [0, 0.05) is 61.4 Å². The van der Waals surface area contributed by atoms with E-state index in [1.54, 1.807) is 6.92 Å². The lowest BCUT2D eigenvalue weighted by Crippen LogP contribution is -2.48. The van der Waals surface area contributed by atoms with Crippen molar-refractivity contribution in [3.63, 3.8) is 0 Å². The van der Waals surface area contributed by atoms with Crippen LogP contribution >= 0.6 is 11.5 Å². The molecule has 4 aromatic rings. The number of fused-ring (bicyclic) bond motifs is 1. The number of benzene rings is 2. The van der Waals surface area contributed by atoms with Crippen LogP contribution in [0, 0.1) is 0 Å².